The van der Waals surface area contributed by atoms with Gasteiger partial charge in [0.1, 0.15) is 0 Å². The molecule has 2 heteroatoms. The van der Waals surface area contributed by atoms with Crippen LogP contribution < -0.4 is 0 Å². The molecule has 1 unspecified atom stereocenters. The maximum atomic E-state index is 10.0. The van der Waals surface area contributed by atoms with Crippen molar-refractivity contribution in [3.8, 4) is 0 Å². The molecule has 0 saturated carbocycles. The van der Waals surface area contributed by atoms with Crippen LogP contribution in [0.25, 0.3) is 0 Å². The molecule has 1 aromatic heterocycles. The van der Waals surface area contributed by atoms with Crippen molar-refractivity contribution in [1.29, 1.82) is 0 Å². The summed E-state index contributed by atoms with van der Waals surface area (Å²) in [5, 5.41) is 10.0. The molecule has 1 heterocycles. The van der Waals surface area contributed by atoms with Gasteiger partial charge in [-0.15, -0.1) is 0 Å². The Morgan fingerprint density at radius 1 is 1.11 bits per heavy atom. The van der Waals surface area contributed by atoms with Crippen LogP contribution in [0.1, 0.15) is 75.7 Å². The lowest BCUT2D eigenvalue weighted by atomic mass is 10.0. The molecular formula is C16H27NO. The van der Waals surface area contributed by atoms with Crippen molar-refractivity contribution in [3.63, 3.8) is 0 Å². The number of aryl methyl sites for hydroxylation is 1. The first-order valence-corrected chi connectivity index (χ1v) is 7.34. The summed E-state index contributed by atoms with van der Waals surface area (Å²) >= 11 is 0. The monoisotopic (exact) mass is 249 g/mol. The number of unbranched alkanes of at least 4 members (excludes halogenated alkanes) is 6. The Hall–Kier alpha value is -0.890. The number of nitrogens with zero attached hydrogens (tertiary/aromatic N) is 1. The molecule has 0 fully saturated rings. The summed E-state index contributed by atoms with van der Waals surface area (Å²) in [5.41, 5.74) is 1.99. The van der Waals surface area contributed by atoms with Gasteiger partial charge >= 0.3 is 0 Å². The topological polar surface area (TPSA) is 33.1 Å². The van der Waals surface area contributed by atoms with Gasteiger partial charge in [0.15, 0.2) is 0 Å². The highest BCUT2D eigenvalue weighted by Crippen LogP contribution is 2.19. The van der Waals surface area contributed by atoms with E-state index in [0.717, 1.165) is 18.5 Å². The van der Waals surface area contributed by atoms with Crippen LogP contribution in [0.3, 0.4) is 0 Å². The maximum absolute atomic E-state index is 10.0. The molecular weight excluding hydrogens is 222 g/mol. The van der Waals surface area contributed by atoms with Crippen LogP contribution in [0, 0.1) is 6.92 Å². The Morgan fingerprint density at radius 2 is 1.78 bits per heavy atom. The normalized spacial score (nSPS) is 12.6. The van der Waals surface area contributed by atoms with E-state index in [-0.39, 0.29) is 6.10 Å². The number of rotatable bonds is 9. The maximum Gasteiger partial charge on any atom is 0.0959 e. The average molecular weight is 249 g/mol. The van der Waals surface area contributed by atoms with Gasteiger partial charge in [-0.25, -0.2) is 0 Å². The Labute approximate surface area is 111 Å². The first kappa shape index (κ1) is 15.2. The summed E-state index contributed by atoms with van der Waals surface area (Å²) in [6.07, 6.45) is 11.2. The molecule has 1 rings (SSSR count). The minimum Gasteiger partial charge on any atom is -0.387 e. The number of aliphatic hydroxyl groups is 1. The highest BCUT2D eigenvalue weighted by molar-refractivity contribution is 5.15. The number of aliphatic hydroxyl groups excluding tert-OH is 1. The highest BCUT2D eigenvalue weighted by Gasteiger charge is 2.08. The lowest BCUT2D eigenvalue weighted by Gasteiger charge is -2.10. The minimum atomic E-state index is -0.388. The Kier molecular flexibility index (Phi) is 7.66. The molecule has 102 valence electrons. The van der Waals surface area contributed by atoms with E-state index in [1.165, 1.54) is 44.1 Å². The predicted octanol–water partition coefficient (Wildman–Crippen LogP) is 4.56. The standard InChI is InChI=1S/C16H27NO/c1-3-4-5-6-7-8-9-10-16(18)15-13-14(2)11-12-17-15/h11-13,16,18H,3-10H2,1-2H3. The number of hydrogen-bond acceptors (Lipinski definition) is 2. The third kappa shape index (κ3) is 6.15. The fourth-order valence-electron chi connectivity index (χ4n) is 2.18. The van der Waals surface area contributed by atoms with E-state index in [2.05, 4.69) is 11.9 Å². The lowest BCUT2D eigenvalue weighted by molar-refractivity contribution is 0.158. The number of aromatic nitrogens is 1. The molecule has 0 aliphatic heterocycles. The molecule has 0 saturated heterocycles. The second-order valence-corrected chi connectivity index (χ2v) is 5.18. The molecule has 0 spiro atoms. The molecule has 2 nitrogen and oxygen atoms in total. The van der Waals surface area contributed by atoms with Crippen LogP contribution in [-0.2, 0) is 0 Å². The van der Waals surface area contributed by atoms with Gasteiger partial charge in [0, 0.05) is 6.20 Å². The van der Waals surface area contributed by atoms with Gasteiger partial charge in [-0.3, -0.25) is 4.98 Å². The van der Waals surface area contributed by atoms with Gasteiger partial charge < -0.3 is 5.11 Å². The van der Waals surface area contributed by atoms with Gasteiger partial charge in [-0.2, -0.15) is 0 Å². The second-order valence-electron chi connectivity index (χ2n) is 5.18. The molecule has 0 aliphatic rings. The Bertz CT molecular complexity index is 325. The fraction of sp³-hybridized carbons (Fsp3) is 0.688. The Balaban J connectivity index is 2.12. The first-order chi connectivity index (χ1) is 8.74. The van der Waals surface area contributed by atoms with Gasteiger partial charge in [0.25, 0.3) is 0 Å². The highest BCUT2D eigenvalue weighted by atomic mass is 16.3. The van der Waals surface area contributed by atoms with Gasteiger partial charge in [0.2, 0.25) is 0 Å². The largest absolute Gasteiger partial charge is 0.387 e. The molecule has 0 amide bonds. The second kappa shape index (κ2) is 9.09. The fourth-order valence-corrected chi connectivity index (χ4v) is 2.18. The summed E-state index contributed by atoms with van der Waals surface area (Å²) in [6, 6.07) is 3.94. The van der Waals surface area contributed by atoms with E-state index in [9.17, 15) is 5.11 Å². The first-order valence-electron chi connectivity index (χ1n) is 7.34. The molecule has 1 N–H and O–H groups in total. The van der Waals surface area contributed by atoms with Crippen molar-refractivity contribution in [1.82, 2.24) is 4.98 Å². The molecule has 0 aliphatic carbocycles. The van der Waals surface area contributed by atoms with Crippen LogP contribution in [0.5, 0.6) is 0 Å². The third-order valence-corrected chi connectivity index (χ3v) is 3.36. The summed E-state index contributed by atoms with van der Waals surface area (Å²) in [4.78, 5) is 4.23. The predicted molar refractivity (Wildman–Crippen MR) is 76.5 cm³/mol. The summed E-state index contributed by atoms with van der Waals surface area (Å²) in [5.74, 6) is 0. The lowest BCUT2D eigenvalue weighted by Crippen LogP contribution is -2.00. The van der Waals surface area contributed by atoms with E-state index in [1.807, 2.05) is 19.1 Å². The summed E-state index contributed by atoms with van der Waals surface area (Å²) in [7, 11) is 0. The average Bonchev–Trinajstić information content (AvgIpc) is 2.37. The summed E-state index contributed by atoms with van der Waals surface area (Å²) in [6.45, 7) is 4.27. The van der Waals surface area contributed by atoms with Crippen molar-refractivity contribution >= 4 is 0 Å². The molecule has 1 atom stereocenters. The zero-order valence-corrected chi connectivity index (χ0v) is 11.9. The van der Waals surface area contributed by atoms with Crippen molar-refractivity contribution in [2.45, 2.75) is 71.3 Å². The van der Waals surface area contributed by atoms with Crippen LogP contribution >= 0.6 is 0 Å². The molecule has 0 aromatic carbocycles. The van der Waals surface area contributed by atoms with Crippen molar-refractivity contribution in [2.24, 2.45) is 0 Å². The molecule has 18 heavy (non-hydrogen) atoms. The minimum absolute atomic E-state index is 0.388. The smallest absolute Gasteiger partial charge is 0.0959 e. The molecule has 1 aromatic rings. The van der Waals surface area contributed by atoms with Crippen molar-refractivity contribution < 1.29 is 5.11 Å². The molecule has 0 radical (unpaired) electrons. The van der Waals surface area contributed by atoms with Gasteiger partial charge in [0.05, 0.1) is 11.8 Å². The van der Waals surface area contributed by atoms with Crippen LogP contribution in [0.2, 0.25) is 0 Å². The zero-order chi connectivity index (χ0) is 13.2. The zero-order valence-electron chi connectivity index (χ0n) is 11.9. The number of hydrogen-bond donors (Lipinski definition) is 1. The van der Waals surface area contributed by atoms with Crippen LogP contribution in [0.4, 0.5) is 0 Å². The number of pyridine rings is 1. The summed E-state index contributed by atoms with van der Waals surface area (Å²) < 4.78 is 0. The van der Waals surface area contributed by atoms with E-state index in [4.69, 9.17) is 0 Å². The van der Waals surface area contributed by atoms with E-state index >= 15 is 0 Å². The molecule has 0 bridgehead atoms. The van der Waals surface area contributed by atoms with Crippen LogP contribution in [-0.4, -0.2) is 10.1 Å². The SMILES string of the molecule is CCCCCCCCCC(O)c1cc(C)ccn1. The van der Waals surface area contributed by atoms with E-state index < -0.39 is 0 Å². The van der Waals surface area contributed by atoms with E-state index in [1.54, 1.807) is 6.20 Å². The van der Waals surface area contributed by atoms with Crippen molar-refractivity contribution in [3.05, 3.63) is 29.6 Å². The van der Waals surface area contributed by atoms with Crippen LogP contribution in [0.15, 0.2) is 18.3 Å². The quantitative estimate of drug-likeness (QED) is 0.651. The van der Waals surface area contributed by atoms with E-state index in [0.29, 0.717) is 0 Å². The van der Waals surface area contributed by atoms with Crippen molar-refractivity contribution in [2.75, 3.05) is 0 Å². The van der Waals surface area contributed by atoms with Gasteiger partial charge in [-0.05, 0) is 31.0 Å². The Morgan fingerprint density at radius 3 is 2.44 bits per heavy atom. The van der Waals surface area contributed by atoms with Gasteiger partial charge in [-0.1, -0.05) is 51.9 Å². The third-order valence-electron chi connectivity index (χ3n) is 3.36.